The van der Waals surface area contributed by atoms with Crippen molar-refractivity contribution in [2.24, 2.45) is 0 Å². The Labute approximate surface area is 221 Å². The number of hydrogen-bond donors (Lipinski definition) is 1. The average Bonchev–Trinajstić information content (AvgIpc) is 3.24. The van der Waals surface area contributed by atoms with Crippen molar-refractivity contribution in [3.8, 4) is 16.9 Å². The Kier molecular flexibility index (Phi) is 9.19. The lowest BCUT2D eigenvalue weighted by molar-refractivity contribution is -0.165. The number of rotatable bonds is 14. The molecule has 1 aliphatic carbocycles. The van der Waals surface area contributed by atoms with Crippen LogP contribution in [0.25, 0.3) is 16.7 Å². The Balaban J connectivity index is 1.29. The van der Waals surface area contributed by atoms with Gasteiger partial charge < -0.3 is 14.6 Å². The number of carbonyl (C=O) groups is 1. The van der Waals surface area contributed by atoms with Crippen molar-refractivity contribution in [3.63, 3.8) is 0 Å². The van der Waals surface area contributed by atoms with Gasteiger partial charge in [0.1, 0.15) is 5.75 Å². The van der Waals surface area contributed by atoms with E-state index >= 15 is 0 Å². The zero-order valence-corrected chi connectivity index (χ0v) is 22.0. The highest BCUT2D eigenvalue weighted by Gasteiger charge is 2.36. The number of carboxylic acids is 1. The summed E-state index contributed by atoms with van der Waals surface area (Å²) in [5.41, 5.74) is 5.76. The minimum Gasteiger partial charge on any atom is -0.494 e. The van der Waals surface area contributed by atoms with E-state index in [1.807, 2.05) is 12.1 Å². The van der Waals surface area contributed by atoms with Crippen LogP contribution in [0.15, 0.2) is 78.9 Å². The molecular formula is C33H38O4. The van der Waals surface area contributed by atoms with Gasteiger partial charge in [-0.05, 0) is 71.7 Å². The van der Waals surface area contributed by atoms with E-state index < -0.39 is 11.6 Å². The van der Waals surface area contributed by atoms with Crippen LogP contribution < -0.4 is 4.74 Å². The molecule has 0 bridgehead atoms. The van der Waals surface area contributed by atoms with E-state index in [2.05, 4.69) is 61.5 Å². The first-order chi connectivity index (χ1) is 18.0. The van der Waals surface area contributed by atoms with Gasteiger partial charge >= 0.3 is 5.97 Å². The molecule has 4 rings (SSSR count). The summed E-state index contributed by atoms with van der Waals surface area (Å²) >= 11 is 0. The SMILES string of the molecule is CCCCCCCOC(C)(C(=O)O)c1ccc(OCCCC=C2c3ccccc3-c3ccccc32)cc1. The van der Waals surface area contributed by atoms with Gasteiger partial charge in [0.05, 0.1) is 6.61 Å². The fourth-order valence-corrected chi connectivity index (χ4v) is 4.91. The lowest BCUT2D eigenvalue weighted by Crippen LogP contribution is -2.35. The Bertz CT molecular complexity index is 1160. The third-order valence-corrected chi connectivity index (χ3v) is 7.14. The fraction of sp³-hybridized carbons (Fsp3) is 0.364. The molecule has 0 radical (unpaired) electrons. The quantitative estimate of drug-likeness (QED) is 0.178. The van der Waals surface area contributed by atoms with E-state index in [4.69, 9.17) is 9.47 Å². The molecule has 0 saturated heterocycles. The van der Waals surface area contributed by atoms with Crippen molar-refractivity contribution in [3.05, 3.63) is 95.6 Å². The third kappa shape index (κ3) is 6.31. The highest BCUT2D eigenvalue weighted by Crippen LogP contribution is 2.44. The lowest BCUT2D eigenvalue weighted by atomic mass is 9.95. The molecule has 0 fully saturated rings. The molecular weight excluding hydrogens is 460 g/mol. The normalized spacial score (nSPS) is 13.5. The minimum atomic E-state index is -1.36. The Morgan fingerprint density at radius 1 is 0.784 bits per heavy atom. The summed E-state index contributed by atoms with van der Waals surface area (Å²) in [7, 11) is 0. The maximum absolute atomic E-state index is 12.0. The van der Waals surface area contributed by atoms with Crippen LogP contribution in [0.5, 0.6) is 5.75 Å². The van der Waals surface area contributed by atoms with Crippen LogP contribution in [0.3, 0.4) is 0 Å². The van der Waals surface area contributed by atoms with Crippen LogP contribution in [0.4, 0.5) is 0 Å². The number of fused-ring (bicyclic) bond motifs is 3. The maximum Gasteiger partial charge on any atom is 0.340 e. The van der Waals surface area contributed by atoms with Crippen LogP contribution in [-0.2, 0) is 15.1 Å². The second kappa shape index (κ2) is 12.7. The first-order valence-electron chi connectivity index (χ1n) is 13.5. The van der Waals surface area contributed by atoms with Crippen LogP contribution in [0, 0.1) is 0 Å². The predicted octanol–water partition coefficient (Wildman–Crippen LogP) is 8.24. The minimum absolute atomic E-state index is 0.440. The summed E-state index contributed by atoms with van der Waals surface area (Å²) in [5.74, 6) is -0.238. The predicted molar refractivity (Wildman–Crippen MR) is 150 cm³/mol. The van der Waals surface area contributed by atoms with E-state index in [1.165, 1.54) is 40.7 Å². The number of benzene rings is 3. The molecule has 0 amide bonds. The summed E-state index contributed by atoms with van der Waals surface area (Å²) in [4.78, 5) is 12.0. The van der Waals surface area contributed by atoms with Gasteiger partial charge in [0, 0.05) is 6.61 Å². The Morgan fingerprint density at radius 2 is 1.38 bits per heavy atom. The van der Waals surface area contributed by atoms with Crippen LogP contribution >= 0.6 is 0 Å². The molecule has 37 heavy (non-hydrogen) atoms. The van der Waals surface area contributed by atoms with Gasteiger partial charge in [-0.2, -0.15) is 0 Å². The molecule has 0 saturated carbocycles. The first kappa shape index (κ1) is 26.7. The zero-order valence-electron chi connectivity index (χ0n) is 22.0. The van der Waals surface area contributed by atoms with E-state index in [-0.39, 0.29) is 0 Å². The third-order valence-electron chi connectivity index (χ3n) is 7.14. The molecule has 194 valence electrons. The van der Waals surface area contributed by atoms with Crippen LogP contribution in [0.1, 0.15) is 75.5 Å². The summed E-state index contributed by atoms with van der Waals surface area (Å²) < 4.78 is 11.8. The highest BCUT2D eigenvalue weighted by atomic mass is 16.5. The molecule has 1 atom stereocenters. The second-order valence-corrected chi connectivity index (χ2v) is 9.83. The lowest BCUT2D eigenvalue weighted by Gasteiger charge is -2.26. The monoisotopic (exact) mass is 498 g/mol. The van der Waals surface area contributed by atoms with Gasteiger partial charge in [0.2, 0.25) is 0 Å². The number of aliphatic carboxylic acids is 1. The van der Waals surface area contributed by atoms with E-state index in [9.17, 15) is 9.90 Å². The number of ether oxygens (including phenoxy) is 2. The number of unbranched alkanes of at least 4 members (excludes halogenated alkanes) is 5. The van der Waals surface area contributed by atoms with Gasteiger partial charge in [0.15, 0.2) is 5.60 Å². The molecule has 1 N–H and O–H groups in total. The molecule has 4 heteroatoms. The fourth-order valence-electron chi connectivity index (χ4n) is 4.91. The van der Waals surface area contributed by atoms with E-state index in [0.717, 1.165) is 37.9 Å². The molecule has 0 heterocycles. The summed E-state index contributed by atoms with van der Waals surface area (Å²) in [6.07, 6.45) is 9.61. The van der Waals surface area contributed by atoms with Crippen molar-refractivity contribution in [2.75, 3.05) is 13.2 Å². The standard InChI is InChI=1S/C33H38O4/c1-3-4-5-6-12-24-37-33(2,32(34)35)25-19-21-26(22-20-25)36-23-13-11-18-31-29-16-9-7-14-27(29)28-15-8-10-17-30(28)31/h7-10,14-22H,3-6,11-13,23-24H2,1-2H3,(H,34,35). The maximum atomic E-state index is 12.0. The van der Waals surface area contributed by atoms with Crippen molar-refractivity contribution in [1.29, 1.82) is 0 Å². The smallest absolute Gasteiger partial charge is 0.340 e. The van der Waals surface area contributed by atoms with Gasteiger partial charge in [-0.3, -0.25) is 0 Å². The molecule has 4 nitrogen and oxygen atoms in total. The summed E-state index contributed by atoms with van der Waals surface area (Å²) in [6.45, 7) is 4.84. The van der Waals surface area contributed by atoms with Crippen molar-refractivity contribution in [1.82, 2.24) is 0 Å². The van der Waals surface area contributed by atoms with Crippen molar-refractivity contribution in [2.45, 2.75) is 64.4 Å². The molecule has 1 aliphatic rings. The molecule has 3 aromatic carbocycles. The topological polar surface area (TPSA) is 55.8 Å². The largest absolute Gasteiger partial charge is 0.494 e. The van der Waals surface area contributed by atoms with E-state index in [1.54, 1.807) is 19.1 Å². The number of carboxylic acid groups (broad SMARTS) is 1. The molecule has 0 aliphatic heterocycles. The van der Waals surface area contributed by atoms with E-state index in [0.29, 0.717) is 18.8 Å². The number of hydrogen-bond acceptors (Lipinski definition) is 3. The van der Waals surface area contributed by atoms with Gasteiger partial charge in [-0.25, -0.2) is 4.79 Å². The molecule has 3 aromatic rings. The zero-order chi connectivity index (χ0) is 26.1. The van der Waals surface area contributed by atoms with Crippen molar-refractivity contribution >= 4 is 11.5 Å². The van der Waals surface area contributed by atoms with Gasteiger partial charge in [-0.15, -0.1) is 0 Å². The van der Waals surface area contributed by atoms with Crippen LogP contribution in [0.2, 0.25) is 0 Å². The summed E-state index contributed by atoms with van der Waals surface area (Å²) in [5, 5.41) is 9.85. The van der Waals surface area contributed by atoms with Crippen LogP contribution in [-0.4, -0.2) is 24.3 Å². The number of allylic oxidation sites excluding steroid dienone is 1. The first-order valence-corrected chi connectivity index (χ1v) is 13.5. The highest BCUT2D eigenvalue weighted by molar-refractivity contribution is 6.01. The Hall–Kier alpha value is -3.37. The molecule has 0 aromatic heterocycles. The summed E-state index contributed by atoms with van der Waals surface area (Å²) in [6, 6.07) is 24.4. The molecule has 0 spiro atoms. The molecule has 1 unspecified atom stereocenters. The van der Waals surface area contributed by atoms with Gasteiger partial charge in [0.25, 0.3) is 0 Å². The Morgan fingerprint density at radius 3 is 1.97 bits per heavy atom. The average molecular weight is 499 g/mol. The van der Waals surface area contributed by atoms with Gasteiger partial charge in [-0.1, -0.05) is 99.3 Å². The van der Waals surface area contributed by atoms with Crippen molar-refractivity contribution < 1.29 is 19.4 Å². The second-order valence-electron chi connectivity index (χ2n) is 9.83.